The van der Waals surface area contributed by atoms with Gasteiger partial charge in [0.15, 0.2) is 5.96 Å². The molecular weight excluding hydrogens is 431 g/mol. The molecule has 0 saturated carbocycles. The molecule has 1 N–H and O–H groups in total. The standard InChI is InChI=1S/C18H34N4O2.HI/c1-4-19-16(22-9-5-17(14-22)6-10-24-15-17)20-13-18(21(2)3)7-11-23-12-8-18;/h4-15H2,1-3H3,(H,19,20);1H. The topological polar surface area (TPSA) is 49.3 Å². The van der Waals surface area contributed by atoms with Gasteiger partial charge in [-0.3, -0.25) is 4.99 Å². The first kappa shape index (κ1) is 21.2. The predicted octanol–water partition coefficient (Wildman–Crippen LogP) is 1.79. The summed E-state index contributed by atoms with van der Waals surface area (Å²) in [6.45, 7) is 9.60. The number of halogens is 1. The zero-order valence-electron chi connectivity index (χ0n) is 16.1. The van der Waals surface area contributed by atoms with Crippen LogP contribution in [0.2, 0.25) is 0 Å². The fourth-order valence-electron chi connectivity index (χ4n) is 4.23. The smallest absolute Gasteiger partial charge is 0.194 e. The molecule has 0 radical (unpaired) electrons. The van der Waals surface area contributed by atoms with Crippen LogP contribution >= 0.6 is 24.0 Å². The van der Waals surface area contributed by atoms with Gasteiger partial charge in [0, 0.05) is 50.4 Å². The lowest BCUT2D eigenvalue weighted by Crippen LogP contribution is -2.52. The van der Waals surface area contributed by atoms with E-state index in [2.05, 4.69) is 36.1 Å². The van der Waals surface area contributed by atoms with Crippen LogP contribution in [0.1, 0.15) is 32.6 Å². The van der Waals surface area contributed by atoms with Crippen molar-refractivity contribution in [3.8, 4) is 0 Å². The molecule has 25 heavy (non-hydrogen) atoms. The number of likely N-dealkylation sites (N-methyl/N-ethyl adjacent to an activating group) is 1. The average molecular weight is 466 g/mol. The first-order chi connectivity index (χ1) is 11.6. The Balaban J connectivity index is 0.00000225. The monoisotopic (exact) mass is 466 g/mol. The Morgan fingerprint density at radius 1 is 1.12 bits per heavy atom. The first-order valence-corrected chi connectivity index (χ1v) is 9.45. The molecular formula is C18H35IN4O2. The highest BCUT2D eigenvalue weighted by atomic mass is 127. The molecule has 1 atom stereocenters. The Morgan fingerprint density at radius 2 is 1.84 bits per heavy atom. The van der Waals surface area contributed by atoms with Crippen molar-refractivity contribution >= 4 is 29.9 Å². The van der Waals surface area contributed by atoms with E-state index in [9.17, 15) is 0 Å². The summed E-state index contributed by atoms with van der Waals surface area (Å²) >= 11 is 0. The van der Waals surface area contributed by atoms with Crippen molar-refractivity contribution in [3.05, 3.63) is 0 Å². The lowest BCUT2D eigenvalue weighted by Gasteiger charge is -2.42. The van der Waals surface area contributed by atoms with Crippen molar-refractivity contribution < 1.29 is 9.47 Å². The Kier molecular flexibility index (Phi) is 7.79. The van der Waals surface area contributed by atoms with Gasteiger partial charge in [-0.1, -0.05) is 0 Å². The molecule has 6 nitrogen and oxygen atoms in total. The third-order valence-corrected chi connectivity index (χ3v) is 6.15. The van der Waals surface area contributed by atoms with Gasteiger partial charge in [-0.05, 0) is 46.7 Å². The number of guanidine groups is 1. The maximum absolute atomic E-state index is 5.67. The second kappa shape index (κ2) is 9.19. The van der Waals surface area contributed by atoms with Crippen molar-refractivity contribution in [2.24, 2.45) is 10.4 Å². The molecule has 0 aromatic rings. The number of aliphatic imine (C=N–C) groups is 1. The van der Waals surface area contributed by atoms with Gasteiger partial charge in [0.25, 0.3) is 0 Å². The molecule has 1 spiro atoms. The van der Waals surface area contributed by atoms with Gasteiger partial charge < -0.3 is 24.6 Å². The number of nitrogens with one attached hydrogen (secondary N) is 1. The summed E-state index contributed by atoms with van der Waals surface area (Å²) in [6.07, 6.45) is 4.54. The maximum atomic E-state index is 5.67. The normalized spacial score (nSPS) is 29.3. The molecule has 3 aliphatic rings. The van der Waals surface area contributed by atoms with E-state index in [0.29, 0.717) is 5.41 Å². The molecule has 0 bridgehead atoms. The van der Waals surface area contributed by atoms with E-state index in [1.165, 1.54) is 12.8 Å². The Labute approximate surface area is 169 Å². The van der Waals surface area contributed by atoms with Crippen LogP contribution in [0.4, 0.5) is 0 Å². The maximum Gasteiger partial charge on any atom is 0.194 e. The SMILES string of the molecule is CCNC(=NCC1(N(C)C)CCOCC1)N1CCC2(CCOC2)C1.I. The van der Waals surface area contributed by atoms with E-state index in [-0.39, 0.29) is 29.5 Å². The van der Waals surface area contributed by atoms with Crippen molar-refractivity contribution in [1.29, 1.82) is 0 Å². The average Bonchev–Trinajstić information content (AvgIpc) is 3.22. The third-order valence-electron chi connectivity index (χ3n) is 6.15. The van der Waals surface area contributed by atoms with Gasteiger partial charge >= 0.3 is 0 Å². The van der Waals surface area contributed by atoms with E-state index in [0.717, 1.165) is 71.4 Å². The lowest BCUT2D eigenvalue weighted by molar-refractivity contribution is -0.00263. The molecule has 0 aromatic carbocycles. The number of nitrogens with zero attached hydrogens (tertiary/aromatic N) is 3. The molecule has 3 heterocycles. The zero-order valence-corrected chi connectivity index (χ0v) is 18.4. The first-order valence-electron chi connectivity index (χ1n) is 9.45. The van der Waals surface area contributed by atoms with Crippen molar-refractivity contribution in [2.45, 2.75) is 38.1 Å². The quantitative estimate of drug-likeness (QED) is 0.389. The molecule has 3 rings (SSSR count). The summed E-state index contributed by atoms with van der Waals surface area (Å²) in [7, 11) is 4.35. The van der Waals surface area contributed by atoms with Crippen molar-refractivity contribution in [3.63, 3.8) is 0 Å². The van der Waals surface area contributed by atoms with Crippen LogP contribution in [0.5, 0.6) is 0 Å². The van der Waals surface area contributed by atoms with E-state index in [4.69, 9.17) is 14.5 Å². The zero-order chi connectivity index (χ0) is 17.0. The minimum atomic E-state index is 0. The van der Waals surface area contributed by atoms with Crippen LogP contribution in [0.25, 0.3) is 0 Å². The van der Waals surface area contributed by atoms with Crippen LogP contribution in [-0.4, -0.2) is 88.0 Å². The van der Waals surface area contributed by atoms with Crippen LogP contribution in [-0.2, 0) is 9.47 Å². The van der Waals surface area contributed by atoms with E-state index < -0.39 is 0 Å². The summed E-state index contributed by atoms with van der Waals surface area (Å²) in [5.41, 5.74) is 0.501. The second-order valence-electron chi connectivity index (χ2n) is 7.88. The van der Waals surface area contributed by atoms with Gasteiger partial charge in [-0.25, -0.2) is 0 Å². The second-order valence-corrected chi connectivity index (χ2v) is 7.88. The number of rotatable bonds is 4. The molecule has 0 aliphatic carbocycles. The van der Waals surface area contributed by atoms with Crippen LogP contribution < -0.4 is 5.32 Å². The molecule has 1 unspecified atom stereocenters. The van der Waals surface area contributed by atoms with Crippen LogP contribution in [0.15, 0.2) is 4.99 Å². The molecule has 3 saturated heterocycles. The molecule has 0 amide bonds. The summed E-state index contributed by atoms with van der Waals surface area (Å²) < 4.78 is 11.2. The summed E-state index contributed by atoms with van der Waals surface area (Å²) in [5, 5.41) is 3.51. The van der Waals surface area contributed by atoms with E-state index in [1.807, 2.05) is 0 Å². The summed E-state index contributed by atoms with van der Waals surface area (Å²) in [4.78, 5) is 9.85. The van der Waals surface area contributed by atoms with Gasteiger partial charge in [0.1, 0.15) is 0 Å². The number of hydrogen-bond acceptors (Lipinski definition) is 4. The van der Waals surface area contributed by atoms with Crippen molar-refractivity contribution in [2.75, 3.05) is 66.7 Å². The fraction of sp³-hybridized carbons (Fsp3) is 0.944. The Bertz CT molecular complexity index is 446. The molecule has 3 fully saturated rings. The molecule has 0 aromatic heterocycles. The summed E-state index contributed by atoms with van der Waals surface area (Å²) in [5.74, 6) is 1.08. The fourth-order valence-corrected chi connectivity index (χ4v) is 4.23. The highest BCUT2D eigenvalue weighted by Crippen LogP contribution is 2.38. The van der Waals surface area contributed by atoms with Crippen LogP contribution in [0.3, 0.4) is 0 Å². The summed E-state index contributed by atoms with van der Waals surface area (Å²) in [6, 6.07) is 0. The predicted molar refractivity (Wildman–Crippen MR) is 112 cm³/mol. The van der Waals surface area contributed by atoms with Crippen molar-refractivity contribution in [1.82, 2.24) is 15.1 Å². The van der Waals surface area contributed by atoms with E-state index in [1.54, 1.807) is 0 Å². The van der Waals surface area contributed by atoms with Gasteiger partial charge in [-0.2, -0.15) is 0 Å². The number of ether oxygens (including phenoxy) is 2. The largest absolute Gasteiger partial charge is 0.381 e. The molecule has 146 valence electrons. The van der Waals surface area contributed by atoms with Gasteiger partial charge in [0.2, 0.25) is 0 Å². The van der Waals surface area contributed by atoms with Crippen LogP contribution in [0, 0.1) is 5.41 Å². The van der Waals surface area contributed by atoms with E-state index >= 15 is 0 Å². The molecule has 7 heteroatoms. The minimum Gasteiger partial charge on any atom is -0.381 e. The number of hydrogen-bond donors (Lipinski definition) is 1. The van der Waals surface area contributed by atoms with Gasteiger partial charge in [-0.15, -0.1) is 24.0 Å². The third kappa shape index (κ3) is 4.78. The highest BCUT2D eigenvalue weighted by Gasteiger charge is 2.42. The molecule has 3 aliphatic heterocycles. The Morgan fingerprint density at radius 3 is 2.44 bits per heavy atom. The number of likely N-dealkylation sites (tertiary alicyclic amines) is 1. The lowest BCUT2D eigenvalue weighted by atomic mass is 9.87. The highest BCUT2D eigenvalue weighted by molar-refractivity contribution is 14.0. The van der Waals surface area contributed by atoms with Gasteiger partial charge in [0.05, 0.1) is 13.2 Å². The Hall–Kier alpha value is -0.120. The minimum absolute atomic E-state index is 0.